The minimum absolute atomic E-state index is 0.144. The van der Waals surface area contributed by atoms with E-state index in [1.165, 1.54) is 11.3 Å². The number of nitrogens with zero attached hydrogens (tertiary/aromatic N) is 3. The molecular weight excluding hydrogens is 410 g/mol. The number of thiazole rings is 1. The Morgan fingerprint density at radius 2 is 2.12 bits per heavy atom. The smallest absolute Gasteiger partial charge is 0.229 e. The lowest BCUT2D eigenvalue weighted by atomic mass is 10.2. The molecule has 1 saturated carbocycles. The van der Waals surface area contributed by atoms with Crippen LogP contribution >= 0.6 is 27.3 Å². The summed E-state index contributed by atoms with van der Waals surface area (Å²) in [5, 5.41) is 2.82. The van der Waals surface area contributed by atoms with Crippen molar-refractivity contribution in [1.82, 2.24) is 14.9 Å². The van der Waals surface area contributed by atoms with Gasteiger partial charge in [-0.25, -0.2) is 4.98 Å². The highest BCUT2D eigenvalue weighted by Crippen LogP contribution is 2.30. The summed E-state index contributed by atoms with van der Waals surface area (Å²) < 4.78 is 1.04. The zero-order valence-corrected chi connectivity index (χ0v) is 16.5. The summed E-state index contributed by atoms with van der Waals surface area (Å²) in [6, 6.07) is 14.3. The second-order valence-corrected chi connectivity index (χ2v) is 8.19. The third-order valence-electron chi connectivity index (χ3n) is 4.32. The van der Waals surface area contributed by atoms with Crippen molar-refractivity contribution < 1.29 is 4.79 Å². The maximum atomic E-state index is 12.9. The molecule has 1 aliphatic rings. The average molecular weight is 428 g/mol. The van der Waals surface area contributed by atoms with Gasteiger partial charge in [0, 0.05) is 28.6 Å². The van der Waals surface area contributed by atoms with Crippen LogP contribution in [0.4, 0.5) is 0 Å². The van der Waals surface area contributed by atoms with Crippen LogP contribution in [0.5, 0.6) is 0 Å². The van der Waals surface area contributed by atoms with Gasteiger partial charge in [0.2, 0.25) is 5.91 Å². The van der Waals surface area contributed by atoms with Crippen molar-refractivity contribution in [1.29, 1.82) is 0 Å². The van der Waals surface area contributed by atoms with Crippen LogP contribution in [0.25, 0.3) is 10.7 Å². The minimum atomic E-state index is 0.144. The summed E-state index contributed by atoms with van der Waals surface area (Å²) in [5.74, 6) is 0.144. The van der Waals surface area contributed by atoms with Crippen LogP contribution in [0.1, 0.15) is 24.1 Å². The summed E-state index contributed by atoms with van der Waals surface area (Å²) in [6.45, 7) is 0.653. The highest BCUT2D eigenvalue weighted by Gasteiger charge is 2.32. The van der Waals surface area contributed by atoms with Crippen molar-refractivity contribution >= 4 is 33.2 Å². The van der Waals surface area contributed by atoms with Crippen molar-refractivity contribution in [2.24, 2.45) is 0 Å². The second kappa shape index (κ2) is 7.68. The SMILES string of the molecule is O=C(Cc1csc(-c2ccccn2)n1)N(Cc1cccc(Br)c1)C1CC1. The van der Waals surface area contributed by atoms with Crippen LogP contribution in [0.3, 0.4) is 0 Å². The number of halogens is 1. The molecule has 26 heavy (non-hydrogen) atoms. The maximum Gasteiger partial charge on any atom is 0.229 e. The van der Waals surface area contributed by atoms with Crippen LogP contribution in [0.2, 0.25) is 0 Å². The van der Waals surface area contributed by atoms with Gasteiger partial charge in [-0.05, 0) is 42.7 Å². The van der Waals surface area contributed by atoms with Gasteiger partial charge in [0.15, 0.2) is 0 Å². The van der Waals surface area contributed by atoms with Crippen LogP contribution in [0, 0.1) is 0 Å². The fourth-order valence-corrected chi connectivity index (χ4v) is 4.13. The highest BCUT2D eigenvalue weighted by molar-refractivity contribution is 9.10. The summed E-state index contributed by atoms with van der Waals surface area (Å²) in [4.78, 5) is 23.8. The zero-order valence-electron chi connectivity index (χ0n) is 14.1. The van der Waals surface area contributed by atoms with E-state index in [2.05, 4.69) is 38.0 Å². The Morgan fingerprint density at radius 3 is 2.85 bits per heavy atom. The Labute approximate surface area is 165 Å². The topological polar surface area (TPSA) is 46.1 Å². The molecular formula is C20H18BrN3OS. The van der Waals surface area contributed by atoms with E-state index in [1.807, 2.05) is 40.6 Å². The molecule has 4 nitrogen and oxygen atoms in total. The van der Waals surface area contributed by atoms with Crippen LogP contribution in [-0.4, -0.2) is 26.8 Å². The van der Waals surface area contributed by atoms with Gasteiger partial charge < -0.3 is 4.90 Å². The third kappa shape index (κ3) is 4.19. The van der Waals surface area contributed by atoms with E-state index in [4.69, 9.17) is 0 Å². The maximum absolute atomic E-state index is 12.9. The number of rotatable bonds is 6. The van der Waals surface area contributed by atoms with E-state index in [1.54, 1.807) is 6.20 Å². The van der Waals surface area contributed by atoms with E-state index in [0.29, 0.717) is 19.0 Å². The molecule has 1 amide bonds. The van der Waals surface area contributed by atoms with Gasteiger partial charge in [-0.1, -0.05) is 34.1 Å². The summed E-state index contributed by atoms with van der Waals surface area (Å²) in [7, 11) is 0. The molecule has 0 unspecified atom stereocenters. The van der Waals surface area contributed by atoms with E-state index in [-0.39, 0.29) is 5.91 Å². The predicted octanol–water partition coefficient (Wildman–Crippen LogP) is 4.70. The molecule has 1 fully saturated rings. The summed E-state index contributed by atoms with van der Waals surface area (Å²) in [5.41, 5.74) is 2.82. The van der Waals surface area contributed by atoms with E-state index < -0.39 is 0 Å². The molecule has 0 radical (unpaired) electrons. The molecule has 3 aromatic rings. The molecule has 2 heterocycles. The normalized spacial score (nSPS) is 13.6. The lowest BCUT2D eigenvalue weighted by Crippen LogP contribution is -2.33. The molecule has 0 atom stereocenters. The number of amides is 1. The number of benzene rings is 1. The minimum Gasteiger partial charge on any atom is -0.335 e. The molecule has 0 spiro atoms. The van der Waals surface area contributed by atoms with Gasteiger partial charge in [-0.15, -0.1) is 11.3 Å². The fourth-order valence-electron chi connectivity index (χ4n) is 2.89. The molecule has 0 saturated heterocycles. The predicted molar refractivity (Wildman–Crippen MR) is 107 cm³/mol. The first-order chi connectivity index (χ1) is 12.7. The van der Waals surface area contributed by atoms with E-state index >= 15 is 0 Å². The Kier molecular flexibility index (Phi) is 5.13. The number of hydrogen-bond donors (Lipinski definition) is 0. The highest BCUT2D eigenvalue weighted by atomic mass is 79.9. The quantitative estimate of drug-likeness (QED) is 0.572. The summed E-state index contributed by atoms with van der Waals surface area (Å²) >= 11 is 5.04. The molecule has 6 heteroatoms. The van der Waals surface area contributed by atoms with Crippen LogP contribution in [0.15, 0.2) is 58.5 Å². The first kappa shape index (κ1) is 17.4. The molecule has 132 valence electrons. The Morgan fingerprint density at radius 1 is 1.23 bits per heavy atom. The fraction of sp³-hybridized carbons (Fsp3) is 0.250. The third-order valence-corrected chi connectivity index (χ3v) is 5.72. The van der Waals surface area contributed by atoms with Gasteiger partial charge in [-0.2, -0.15) is 0 Å². The number of pyridine rings is 1. The summed E-state index contributed by atoms with van der Waals surface area (Å²) in [6.07, 6.45) is 4.29. The molecule has 1 aromatic carbocycles. The van der Waals surface area contributed by atoms with Crippen molar-refractivity contribution in [3.63, 3.8) is 0 Å². The van der Waals surface area contributed by atoms with Crippen molar-refractivity contribution in [3.8, 4) is 10.7 Å². The monoisotopic (exact) mass is 427 g/mol. The molecule has 1 aliphatic carbocycles. The zero-order chi connectivity index (χ0) is 17.9. The van der Waals surface area contributed by atoms with Gasteiger partial charge in [0.25, 0.3) is 0 Å². The molecule has 0 N–H and O–H groups in total. The number of carbonyl (C=O) groups is 1. The second-order valence-electron chi connectivity index (χ2n) is 6.42. The number of hydrogen-bond acceptors (Lipinski definition) is 4. The van der Waals surface area contributed by atoms with Crippen LogP contribution < -0.4 is 0 Å². The number of aromatic nitrogens is 2. The average Bonchev–Trinajstić information content (AvgIpc) is 3.39. The molecule has 0 aliphatic heterocycles. The Bertz CT molecular complexity index is 908. The lowest BCUT2D eigenvalue weighted by molar-refractivity contribution is -0.131. The van der Waals surface area contributed by atoms with E-state index in [0.717, 1.165) is 39.3 Å². The first-order valence-corrected chi connectivity index (χ1v) is 10.3. The molecule has 4 rings (SSSR count). The first-order valence-electron chi connectivity index (χ1n) is 8.59. The standard InChI is InChI=1S/C20H18BrN3OS/c21-15-5-3-4-14(10-15)12-24(17-7-8-17)19(25)11-16-13-26-20(23-16)18-6-1-2-9-22-18/h1-6,9-10,13,17H,7-8,11-12H2. The lowest BCUT2D eigenvalue weighted by Gasteiger charge is -2.22. The van der Waals surface area contributed by atoms with Crippen molar-refractivity contribution in [2.75, 3.05) is 0 Å². The Hall–Kier alpha value is -2.05. The van der Waals surface area contributed by atoms with Crippen molar-refractivity contribution in [2.45, 2.75) is 31.8 Å². The van der Waals surface area contributed by atoms with Crippen LogP contribution in [-0.2, 0) is 17.8 Å². The van der Waals surface area contributed by atoms with E-state index in [9.17, 15) is 4.79 Å². The number of carbonyl (C=O) groups excluding carboxylic acids is 1. The Balaban J connectivity index is 1.46. The van der Waals surface area contributed by atoms with Gasteiger partial charge in [0.05, 0.1) is 17.8 Å². The largest absolute Gasteiger partial charge is 0.335 e. The van der Waals surface area contributed by atoms with Gasteiger partial charge in [0.1, 0.15) is 5.01 Å². The van der Waals surface area contributed by atoms with Gasteiger partial charge >= 0.3 is 0 Å². The van der Waals surface area contributed by atoms with Crippen molar-refractivity contribution in [3.05, 3.63) is 69.8 Å². The molecule has 2 aromatic heterocycles. The van der Waals surface area contributed by atoms with Gasteiger partial charge in [-0.3, -0.25) is 9.78 Å². The molecule has 0 bridgehead atoms.